The van der Waals surface area contributed by atoms with Gasteiger partial charge in [0.05, 0.1) is 18.4 Å². The number of alkyl halides is 3. The Morgan fingerprint density at radius 2 is 1.94 bits per heavy atom. The second kappa shape index (κ2) is 9.56. The quantitative estimate of drug-likeness (QED) is 0.354. The van der Waals surface area contributed by atoms with Gasteiger partial charge in [0, 0.05) is 35.8 Å². The van der Waals surface area contributed by atoms with Crippen LogP contribution in [0.3, 0.4) is 0 Å². The zero-order chi connectivity index (χ0) is 24.3. The van der Waals surface area contributed by atoms with Crippen molar-refractivity contribution in [1.29, 1.82) is 0 Å². The maximum atomic E-state index is 13.6. The first kappa shape index (κ1) is 23.3. The summed E-state index contributed by atoms with van der Waals surface area (Å²) in [5.41, 5.74) is 1.49. The molecular formula is C25H22F3N3O3. The topological polar surface area (TPSA) is 69.3 Å². The number of oxazole rings is 1. The molecule has 0 aliphatic rings. The first-order valence-corrected chi connectivity index (χ1v) is 10.6. The number of pyridine rings is 1. The standard InChI is InChI=1S/C25H22F3N3O3/c1-3-33-15-17-8-7-16(2)21(10-17)30-24-29-14-22(34-24)18-11-19(25(26,27)28)13-20(12-18)31-9-5-4-6-23(31)32/h4-14H,3,15H2,1-2H3,(H,29,30). The fourth-order valence-electron chi connectivity index (χ4n) is 3.39. The van der Waals surface area contributed by atoms with Crippen LogP contribution in [-0.4, -0.2) is 16.2 Å². The fourth-order valence-corrected chi connectivity index (χ4v) is 3.39. The molecule has 6 nitrogen and oxygen atoms in total. The summed E-state index contributed by atoms with van der Waals surface area (Å²) in [5.74, 6) is 0.127. The highest BCUT2D eigenvalue weighted by atomic mass is 19.4. The molecule has 2 aromatic heterocycles. The van der Waals surface area contributed by atoms with Gasteiger partial charge >= 0.3 is 6.18 Å². The summed E-state index contributed by atoms with van der Waals surface area (Å²) in [6.07, 6.45) is -1.86. The molecule has 4 rings (SSSR count). The molecule has 0 saturated carbocycles. The van der Waals surface area contributed by atoms with Crippen LogP contribution in [0.15, 0.2) is 76.2 Å². The molecule has 0 fully saturated rings. The van der Waals surface area contributed by atoms with E-state index < -0.39 is 17.3 Å². The van der Waals surface area contributed by atoms with E-state index in [1.54, 1.807) is 6.07 Å². The zero-order valence-corrected chi connectivity index (χ0v) is 18.5. The van der Waals surface area contributed by atoms with Gasteiger partial charge in [-0.1, -0.05) is 18.2 Å². The van der Waals surface area contributed by atoms with E-state index in [4.69, 9.17) is 9.15 Å². The Hall–Kier alpha value is -3.85. The molecule has 0 amide bonds. The number of hydrogen-bond acceptors (Lipinski definition) is 5. The average Bonchev–Trinajstić information content (AvgIpc) is 3.27. The van der Waals surface area contributed by atoms with Gasteiger partial charge in [0.2, 0.25) is 0 Å². The van der Waals surface area contributed by atoms with Crippen molar-refractivity contribution in [1.82, 2.24) is 9.55 Å². The van der Waals surface area contributed by atoms with E-state index in [-0.39, 0.29) is 23.0 Å². The lowest BCUT2D eigenvalue weighted by atomic mass is 10.1. The third-order valence-electron chi connectivity index (χ3n) is 5.15. The molecule has 2 aromatic carbocycles. The Balaban J connectivity index is 1.69. The molecular weight excluding hydrogens is 447 g/mol. The number of nitrogens with one attached hydrogen (secondary N) is 1. The van der Waals surface area contributed by atoms with Crippen molar-refractivity contribution in [2.75, 3.05) is 11.9 Å². The van der Waals surface area contributed by atoms with Crippen LogP contribution in [0.4, 0.5) is 24.9 Å². The second-order valence-electron chi connectivity index (χ2n) is 7.62. The fraction of sp³-hybridized carbons (Fsp3) is 0.200. The van der Waals surface area contributed by atoms with Gasteiger partial charge in [0.25, 0.3) is 11.6 Å². The van der Waals surface area contributed by atoms with E-state index >= 15 is 0 Å². The molecule has 0 bridgehead atoms. The Morgan fingerprint density at radius 3 is 2.68 bits per heavy atom. The largest absolute Gasteiger partial charge is 0.423 e. The van der Waals surface area contributed by atoms with Gasteiger partial charge in [0.15, 0.2) is 5.76 Å². The van der Waals surface area contributed by atoms with Crippen molar-refractivity contribution < 1.29 is 22.3 Å². The molecule has 1 N–H and O–H groups in total. The Bertz CT molecular complexity index is 1360. The van der Waals surface area contributed by atoms with Crippen LogP contribution in [0.2, 0.25) is 0 Å². The Morgan fingerprint density at radius 1 is 1.12 bits per heavy atom. The van der Waals surface area contributed by atoms with Crippen molar-refractivity contribution in [3.05, 3.63) is 94.0 Å². The number of anilines is 2. The van der Waals surface area contributed by atoms with Gasteiger partial charge in [0.1, 0.15) is 0 Å². The molecule has 0 saturated heterocycles. The first-order valence-electron chi connectivity index (χ1n) is 10.6. The van der Waals surface area contributed by atoms with Gasteiger partial charge < -0.3 is 14.5 Å². The molecule has 4 aromatic rings. The number of benzene rings is 2. The monoisotopic (exact) mass is 469 g/mol. The van der Waals surface area contributed by atoms with Crippen molar-refractivity contribution in [2.24, 2.45) is 0 Å². The summed E-state index contributed by atoms with van der Waals surface area (Å²) in [5, 5.41) is 3.07. The highest BCUT2D eigenvalue weighted by Gasteiger charge is 2.32. The smallest absolute Gasteiger partial charge is 0.416 e. The lowest BCUT2D eigenvalue weighted by Crippen LogP contribution is -2.16. The van der Waals surface area contributed by atoms with Crippen LogP contribution >= 0.6 is 0 Å². The molecule has 0 atom stereocenters. The molecule has 0 unspecified atom stereocenters. The molecule has 0 spiro atoms. The van der Waals surface area contributed by atoms with E-state index in [2.05, 4.69) is 10.3 Å². The van der Waals surface area contributed by atoms with Crippen molar-refractivity contribution >= 4 is 11.7 Å². The number of hydrogen-bond donors (Lipinski definition) is 1. The van der Waals surface area contributed by atoms with Crippen LogP contribution in [0, 0.1) is 6.92 Å². The van der Waals surface area contributed by atoms with E-state index in [0.717, 1.165) is 33.5 Å². The lowest BCUT2D eigenvalue weighted by Gasteiger charge is -2.12. The number of aryl methyl sites for hydroxylation is 1. The van der Waals surface area contributed by atoms with Crippen LogP contribution in [-0.2, 0) is 17.5 Å². The highest BCUT2D eigenvalue weighted by molar-refractivity contribution is 5.65. The van der Waals surface area contributed by atoms with E-state index in [0.29, 0.717) is 13.2 Å². The number of halogens is 3. The molecule has 2 heterocycles. The molecule has 176 valence electrons. The number of ether oxygens (including phenoxy) is 1. The third-order valence-corrected chi connectivity index (χ3v) is 5.15. The second-order valence-corrected chi connectivity index (χ2v) is 7.62. The average molecular weight is 469 g/mol. The summed E-state index contributed by atoms with van der Waals surface area (Å²) in [4.78, 5) is 16.4. The predicted molar refractivity (Wildman–Crippen MR) is 122 cm³/mol. The van der Waals surface area contributed by atoms with Gasteiger partial charge in [-0.05, 0) is 55.3 Å². The van der Waals surface area contributed by atoms with Crippen LogP contribution in [0.5, 0.6) is 0 Å². The molecule has 0 aliphatic heterocycles. The first-order chi connectivity index (χ1) is 16.2. The minimum Gasteiger partial charge on any atom is -0.423 e. The van der Waals surface area contributed by atoms with Crippen molar-refractivity contribution in [2.45, 2.75) is 26.6 Å². The van der Waals surface area contributed by atoms with Gasteiger partial charge in [-0.2, -0.15) is 13.2 Å². The minimum absolute atomic E-state index is 0.0702. The summed E-state index contributed by atoms with van der Waals surface area (Å²) in [7, 11) is 0. The normalized spacial score (nSPS) is 11.6. The molecule has 0 aliphatic carbocycles. The van der Waals surface area contributed by atoms with E-state index in [1.165, 1.54) is 30.6 Å². The molecule has 0 radical (unpaired) electrons. The lowest BCUT2D eigenvalue weighted by molar-refractivity contribution is -0.137. The number of nitrogens with zero attached hydrogens (tertiary/aromatic N) is 2. The van der Waals surface area contributed by atoms with Gasteiger partial charge in [-0.25, -0.2) is 4.98 Å². The van der Waals surface area contributed by atoms with Gasteiger partial charge in [-0.15, -0.1) is 0 Å². The summed E-state index contributed by atoms with van der Waals surface area (Å²) < 4.78 is 53.1. The maximum Gasteiger partial charge on any atom is 0.416 e. The maximum absolute atomic E-state index is 13.6. The number of aromatic nitrogens is 2. The predicted octanol–water partition coefficient (Wildman–Crippen LogP) is 6.10. The Labute approximate surface area is 193 Å². The van der Waals surface area contributed by atoms with E-state index in [9.17, 15) is 18.0 Å². The third kappa shape index (κ3) is 5.20. The number of rotatable bonds is 7. The summed E-state index contributed by atoms with van der Waals surface area (Å²) >= 11 is 0. The van der Waals surface area contributed by atoms with Gasteiger partial charge in [-0.3, -0.25) is 9.36 Å². The minimum atomic E-state index is -4.61. The molecule has 34 heavy (non-hydrogen) atoms. The van der Waals surface area contributed by atoms with E-state index in [1.807, 2.05) is 32.0 Å². The van der Waals surface area contributed by atoms with Crippen LogP contribution in [0.1, 0.15) is 23.6 Å². The summed E-state index contributed by atoms with van der Waals surface area (Å²) in [6, 6.07) is 13.6. The van der Waals surface area contributed by atoms with Crippen LogP contribution in [0.25, 0.3) is 17.0 Å². The van der Waals surface area contributed by atoms with Crippen LogP contribution < -0.4 is 10.9 Å². The van der Waals surface area contributed by atoms with Crippen molar-refractivity contribution in [3.63, 3.8) is 0 Å². The summed E-state index contributed by atoms with van der Waals surface area (Å²) in [6.45, 7) is 4.87. The Kier molecular flexibility index (Phi) is 6.56. The zero-order valence-electron chi connectivity index (χ0n) is 18.5. The van der Waals surface area contributed by atoms with Crippen molar-refractivity contribution in [3.8, 4) is 17.0 Å². The molecule has 9 heteroatoms. The highest BCUT2D eigenvalue weighted by Crippen LogP contribution is 2.35. The SMILES string of the molecule is CCOCc1ccc(C)c(Nc2ncc(-c3cc(-n4ccccc4=O)cc(C(F)(F)F)c3)o2)c1.